The van der Waals surface area contributed by atoms with E-state index in [-0.39, 0.29) is 18.8 Å². The highest BCUT2D eigenvalue weighted by atomic mass is 16.6. The maximum atomic E-state index is 11.0. The van der Waals surface area contributed by atoms with Crippen LogP contribution in [0.3, 0.4) is 0 Å². The van der Waals surface area contributed by atoms with Crippen molar-refractivity contribution in [3.63, 3.8) is 0 Å². The van der Waals surface area contributed by atoms with Crippen molar-refractivity contribution in [3.8, 4) is 11.5 Å². The lowest BCUT2D eigenvalue weighted by Crippen LogP contribution is -2.40. The van der Waals surface area contributed by atoms with Crippen molar-refractivity contribution in [2.75, 3.05) is 13.4 Å². The van der Waals surface area contributed by atoms with Crippen molar-refractivity contribution in [3.05, 3.63) is 22.3 Å². The van der Waals surface area contributed by atoms with Gasteiger partial charge in [0.25, 0.3) is 0 Å². The quantitative estimate of drug-likeness (QED) is 0.544. The summed E-state index contributed by atoms with van der Waals surface area (Å²) in [5, 5.41) is 17.9. The molecule has 2 heterocycles. The molecule has 0 spiro atoms. The number of aliphatic carboxylic acids is 1. The summed E-state index contributed by atoms with van der Waals surface area (Å²) < 4.78 is 18.0. The molecular weight excluding hydrogens is 360 g/mol. The Kier molecular flexibility index (Phi) is 5.92. The van der Waals surface area contributed by atoms with Crippen molar-refractivity contribution in [1.29, 1.82) is 0 Å². The summed E-state index contributed by atoms with van der Waals surface area (Å²) in [6, 6.07) is 0. The number of fused-ring (bicyclic) bond motifs is 3. The Labute approximate surface area is 166 Å². The van der Waals surface area contributed by atoms with Crippen LogP contribution in [0.25, 0.3) is 0 Å². The van der Waals surface area contributed by atoms with Gasteiger partial charge in [-0.05, 0) is 70.9 Å². The zero-order valence-electron chi connectivity index (χ0n) is 17.4. The highest BCUT2D eigenvalue weighted by Crippen LogP contribution is 2.48. The van der Waals surface area contributed by atoms with Crippen LogP contribution in [0.1, 0.15) is 68.2 Å². The van der Waals surface area contributed by atoms with Gasteiger partial charge in [-0.15, -0.1) is 0 Å². The second-order valence-electron chi connectivity index (χ2n) is 8.65. The first-order chi connectivity index (χ1) is 13.2. The third-order valence-corrected chi connectivity index (χ3v) is 6.39. The highest BCUT2D eigenvalue weighted by molar-refractivity contribution is 5.67. The number of ether oxygens (including phenoxy) is 3. The van der Waals surface area contributed by atoms with E-state index in [1.807, 2.05) is 6.92 Å². The molecule has 28 heavy (non-hydrogen) atoms. The first-order valence-corrected chi connectivity index (χ1v) is 10.1. The molecule has 3 rings (SSSR count). The van der Waals surface area contributed by atoms with Gasteiger partial charge in [-0.1, -0.05) is 0 Å². The summed E-state index contributed by atoms with van der Waals surface area (Å²) in [7, 11) is 0. The Morgan fingerprint density at radius 2 is 1.50 bits per heavy atom. The molecule has 0 radical (unpaired) electrons. The molecule has 0 amide bonds. The minimum Gasteiger partial charge on any atom is -0.487 e. The summed E-state index contributed by atoms with van der Waals surface area (Å²) in [5.41, 5.74) is 3.87. The number of hydrogen-bond acceptors (Lipinski definition) is 5. The maximum Gasteiger partial charge on any atom is 0.303 e. The Hall–Kier alpha value is -1.79. The molecular formula is C22H32O6. The van der Waals surface area contributed by atoms with Crippen LogP contribution >= 0.6 is 0 Å². The van der Waals surface area contributed by atoms with E-state index in [0.29, 0.717) is 13.0 Å². The zero-order chi connectivity index (χ0) is 20.5. The van der Waals surface area contributed by atoms with Gasteiger partial charge in [-0.2, -0.15) is 0 Å². The highest BCUT2D eigenvalue weighted by Gasteiger charge is 2.39. The summed E-state index contributed by atoms with van der Waals surface area (Å²) in [5.74, 6) is 1.10. The molecule has 0 aliphatic carbocycles. The van der Waals surface area contributed by atoms with E-state index >= 15 is 0 Å². The number of hydrogen-bond donors (Lipinski definition) is 2. The van der Waals surface area contributed by atoms with Crippen LogP contribution < -0.4 is 9.47 Å². The van der Waals surface area contributed by atoms with Crippen molar-refractivity contribution >= 4 is 5.97 Å². The molecule has 0 bridgehead atoms. The standard InChI is InChI=1S/C22H32O6/c1-14-15(2)20-17(6-9-22(4,28-20)11-12-26-13-23)16-5-8-21(3,27-19(14)16)10-7-18(24)25/h23H,5-13H2,1-4H3,(H,24,25). The molecule has 0 aromatic heterocycles. The van der Waals surface area contributed by atoms with E-state index in [0.717, 1.165) is 54.7 Å². The second kappa shape index (κ2) is 7.91. The summed E-state index contributed by atoms with van der Waals surface area (Å²) in [6.45, 7) is 8.44. The molecule has 2 unspecified atom stereocenters. The number of aliphatic hydroxyl groups excluding tert-OH is 1. The van der Waals surface area contributed by atoms with E-state index in [4.69, 9.17) is 24.4 Å². The summed E-state index contributed by atoms with van der Waals surface area (Å²) >= 11 is 0. The van der Waals surface area contributed by atoms with Crippen molar-refractivity contribution in [2.45, 2.75) is 83.8 Å². The summed E-state index contributed by atoms with van der Waals surface area (Å²) in [4.78, 5) is 11.0. The van der Waals surface area contributed by atoms with E-state index in [9.17, 15) is 4.79 Å². The molecule has 6 nitrogen and oxygen atoms in total. The molecule has 0 saturated heterocycles. The number of carbonyl (C=O) groups is 1. The molecule has 2 aliphatic rings. The van der Waals surface area contributed by atoms with Crippen LogP contribution in [0.2, 0.25) is 0 Å². The lowest BCUT2D eigenvalue weighted by molar-refractivity contribution is -0.138. The van der Waals surface area contributed by atoms with E-state index in [2.05, 4.69) is 20.8 Å². The van der Waals surface area contributed by atoms with Crippen molar-refractivity contribution < 1.29 is 29.2 Å². The van der Waals surface area contributed by atoms with Crippen LogP contribution in [0.4, 0.5) is 0 Å². The third-order valence-electron chi connectivity index (χ3n) is 6.39. The van der Waals surface area contributed by atoms with E-state index in [1.165, 1.54) is 11.1 Å². The predicted octanol–water partition coefficient (Wildman–Crippen LogP) is 3.69. The van der Waals surface area contributed by atoms with Crippen LogP contribution in [-0.4, -0.2) is 40.8 Å². The molecule has 2 aliphatic heterocycles. The van der Waals surface area contributed by atoms with Gasteiger partial charge in [0.2, 0.25) is 0 Å². The van der Waals surface area contributed by atoms with Crippen LogP contribution in [0.15, 0.2) is 0 Å². The lowest BCUT2D eigenvalue weighted by Gasteiger charge is -2.42. The van der Waals surface area contributed by atoms with Gasteiger partial charge in [0.15, 0.2) is 0 Å². The Morgan fingerprint density at radius 3 is 1.96 bits per heavy atom. The number of rotatable bonds is 7. The smallest absolute Gasteiger partial charge is 0.303 e. The van der Waals surface area contributed by atoms with Gasteiger partial charge < -0.3 is 24.4 Å². The molecule has 0 saturated carbocycles. The second-order valence-corrected chi connectivity index (χ2v) is 8.65. The molecule has 2 N–H and O–H groups in total. The number of aliphatic hydroxyl groups is 1. The van der Waals surface area contributed by atoms with Crippen LogP contribution in [-0.2, 0) is 22.4 Å². The average Bonchev–Trinajstić information content (AvgIpc) is 2.65. The van der Waals surface area contributed by atoms with Crippen LogP contribution in [0, 0.1) is 13.8 Å². The predicted molar refractivity (Wildman–Crippen MR) is 105 cm³/mol. The SMILES string of the molecule is Cc1c(C)c2c(c3c1OC(C)(CCOCO)CC3)CCC(C)(CCC(=O)O)O2. The molecule has 156 valence electrons. The molecule has 2 atom stereocenters. The van der Waals surface area contributed by atoms with E-state index in [1.54, 1.807) is 0 Å². The van der Waals surface area contributed by atoms with Gasteiger partial charge in [0.05, 0.1) is 6.61 Å². The zero-order valence-corrected chi connectivity index (χ0v) is 17.4. The summed E-state index contributed by atoms with van der Waals surface area (Å²) in [6.07, 6.45) is 4.85. The van der Waals surface area contributed by atoms with Gasteiger partial charge in [-0.3, -0.25) is 4.79 Å². The fourth-order valence-corrected chi connectivity index (χ4v) is 4.32. The van der Waals surface area contributed by atoms with E-state index < -0.39 is 11.6 Å². The monoisotopic (exact) mass is 392 g/mol. The van der Waals surface area contributed by atoms with Crippen molar-refractivity contribution in [2.24, 2.45) is 0 Å². The minimum absolute atomic E-state index is 0.117. The fourth-order valence-electron chi connectivity index (χ4n) is 4.32. The Bertz CT molecular complexity index is 758. The minimum atomic E-state index is -0.785. The molecule has 0 fully saturated rings. The molecule has 1 aromatic rings. The average molecular weight is 392 g/mol. The van der Waals surface area contributed by atoms with Crippen molar-refractivity contribution in [1.82, 2.24) is 0 Å². The van der Waals surface area contributed by atoms with Gasteiger partial charge >= 0.3 is 5.97 Å². The fraction of sp³-hybridized carbons (Fsp3) is 0.682. The normalized spacial score (nSPS) is 26.0. The first-order valence-electron chi connectivity index (χ1n) is 10.1. The number of benzene rings is 1. The Morgan fingerprint density at radius 1 is 1.00 bits per heavy atom. The van der Waals surface area contributed by atoms with Gasteiger partial charge in [-0.25, -0.2) is 0 Å². The van der Waals surface area contributed by atoms with Crippen LogP contribution in [0.5, 0.6) is 11.5 Å². The van der Waals surface area contributed by atoms with Gasteiger partial charge in [0.1, 0.15) is 29.5 Å². The molecule has 6 heteroatoms. The maximum absolute atomic E-state index is 11.0. The third kappa shape index (κ3) is 4.13. The number of carboxylic acid groups (broad SMARTS) is 1. The Balaban J connectivity index is 1.88. The number of carboxylic acids is 1. The van der Waals surface area contributed by atoms with Gasteiger partial charge in [0, 0.05) is 24.0 Å². The topological polar surface area (TPSA) is 85.2 Å². The lowest BCUT2D eigenvalue weighted by atomic mass is 9.81. The largest absolute Gasteiger partial charge is 0.487 e. The first kappa shape index (κ1) is 20.9. The molecule has 1 aromatic carbocycles.